The Bertz CT molecular complexity index is 726. The maximum atomic E-state index is 12.7. The van der Waals surface area contributed by atoms with Crippen LogP contribution in [0.5, 0.6) is 0 Å². The first-order valence-corrected chi connectivity index (χ1v) is 14.9. The lowest BCUT2D eigenvalue weighted by Crippen LogP contribution is -2.47. The molecule has 0 spiro atoms. The average Bonchev–Trinajstić information content (AvgIpc) is 2.80. The summed E-state index contributed by atoms with van der Waals surface area (Å²) in [5, 5.41) is 6.87. The largest absolute Gasteiger partial charge is 0.353 e. The minimum absolute atomic E-state index is 0.000767. The molecule has 1 aliphatic rings. The van der Waals surface area contributed by atoms with Crippen molar-refractivity contribution in [2.75, 3.05) is 24.2 Å². The Hall–Kier alpha value is -0.920. The van der Waals surface area contributed by atoms with Gasteiger partial charge < -0.3 is 15.4 Å². The van der Waals surface area contributed by atoms with Gasteiger partial charge in [0.1, 0.15) is 23.4 Å². The molecule has 0 saturated heterocycles. The summed E-state index contributed by atoms with van der Waals surface area (Å²) in [6.45, 7) is 4.14. The molecule has 2 amide bonds. The molecule has 1 aliphatic carbocycles. The van der Waals surface area contributed by atoms with Crippen molar-refractivity contribution in [3.63, 3.8) is 0 Å². The van der Waals surface area contributed by atoms with E-state index in [1.165, 1.54) is 38.4 Å². The fourth-order valence-corrected chi connectivity index (χ4v) is 6.54. The Balaban J connectivity index is 2.38. The second-order valence-electron chi connectivity index (χ2n) is 8.57. The molecule has 0 heterocycles. The van der Waals surface area contributed by atoms with E-state index in [0.29, 0.717) is 17.0 Å². The molecule has 1 fully saturated rings. The number of amides is 2. The standard InChI is InChI=1S/C24H41N2O5PS2/c1-3-4-14-33-21-10-11-22(21)34-15-13-25-24(31)20(9-5-17(2)27)26-23(30)12-8-18(28)6-7-19(29)16-32/h20-22H,3-16,32H2,1-2H3,(H,25,31)(H,26,30)/t20-,21?,22?/m1/s1/i16T/t16?,20-,21?,22?. The molecule has 0 aromatic heterocycles. The zero-order chi connectivity index (χ0) is 26.2. The Morgan fingerprint density at radius 3 is 2.18 bits per heavy atom. The van der Waals surface area contributed by atoms with Crippen LogP contribution in [0.4, 0.5) is 0 Å². The third-order valence-corrected chi connectivity index (χ3v) is 9.11. The monoisotopic (exact) mass is 534 g/mol. The maximum Gasteiger partial charge on any atom is 0.242 e. The van der Waals surface area contributed by atoms with Crippen LogP contribution < -0.4 is 10.6 Å². The van der Waals surface area contributed by atoms with Gasteiger partial charge in [-0.15, -0.1) is 9.24 Å². The molecule has 10 heteroatoms. The highest BCUT2D eigenvalue weighted by Crippen LogP contribution is 2.40. The van der Waals surface area contributed by atoms with Crippen LogP contribution in [-0.2, 0) is 24.0 Å². The van der Waals surface area contributed by atoms with Gasteiger partial charge in [-0.3, -0.25) is 19.2 Å². The summed E-state index contributed by atoms with van der Waals surface area (Å²) in [7, 11) is 2.08. The minimum atomic E-state index is -0.940. The number of rotatable bonds is 20. The van der Waals surface area contributed by atoms with Crippen LogP contribution in [-0.4, -0.2) is 69.9 Å². The van der Waals surface area contributed by atoms with E-state index in [-0.39, 0.29) is 61.8 Å². The molecule has 194 valence electrons. The summed E-state index contributed by atoms with van der Waals surface area (Å²) in [6.07, 6.45) is 4.26. The third-order valence-electron chi connectivity index (χ3n) is 5.62. The van der Waals surface area contributed by atoms with Crippen molar-refractivity contribution >= 4 is 61.9 Å². The van der Waals surface area contributed by atoms with E-state index in [1.807, 2.05) is 11.8 Å². The predicted molar refractivity (Wildman–Crippen MR) is 145 cm³/mol. The lowest BCUT2D eigenvalue weighted by molar-refractivity contribution is -0.130. The summed E-state index contributed by atoms with van der Waals surface area (Å²) in [5.74, 6) is 0.621. The molecule has 34 heavy (non-hydrogen) atoms. The van der Waals surface area contributed by atoms with Crippen LogP contribution in [0.15, 0.2) is 0 Å². The zero-order valence-corrected chi connectivity index (χ0v) is 23.2. The SMILES string of the molecule is [3H]C(P)C(=O)CCC(=O)CCC(=O)N[C@H](CCC(C)=O)C(=O)NCCSC1CCC1SCCCC. The van der Waals surface area contributed by atoms with E-state index >= 15 is 0 Å². The van der Waals surface area contributed by atoms with Gasteiger partial charge in [-0.25, -0.2) is 0 Å². The molecule has 0 bridgehead atoms. The molecule has 5 atom stereocenters. The Kier molecular flexibility index (Phi) is 15.8. The van der Waals surface area contributed by atoms with Crippen LogP contribution in [0.25, 0.3) is 0 Å². The highest BCUT2D eigenvalue weighted by molar-refractivity contribution is 8.04. The van der Waals surface area contributed by atoms with E-state index in [9.17, 15) is 24.0 Å². The van der Waals surface area contributed by atoms with Gasteiger partial charge in [-0.2, -0.15) is 23.5 Å². The Labute approximate surface area is 216 Å². The van der Waals surface area contributed by atoms with Crippen molar-refractivity contribution in [1.82, 2.24) is 10.6 Å². The number of ketones is 3. The smallest absolute Gasteiger partial charge is 0.242 e. The molecule has 1 saturated carbocycles. The first-order chi connectivity index (χ1) is 16.6. The third kappa shape index (κ3) is 13.8. The molecule has 4 unspecified atom stereocenters. The van der Waals surface area contributed by atoms with Crippen molar-refractivity contribution in [3.8, 4) is 0 Å². The molecular formula is C24H41N2O5PS2. The number of thioether (sulfide) groups is 2. The summed E-state index contributed by atoms with van der Waals surface area (Å²) in [6, 6.07) is -0.824. The lowest BCUT2D eigenvalue weighted by atomic mass is 9.99. The molecule has 0 aromatic carbocycles. The average molecular weight is 535 g/mol. The number of carbonyl (C=O) groups is 5. The van der Waals surface area contributed by atoms with Crippen molar-refractivity contribution in [2.24, 2.45) is 0 Å². The van der Waals surface area contributed by atoms with Gasteiger partial charge in [0.25, 0.3) is 0 Å². The second-order valence-corrected chi connectivity index (χ2v) is 11.6. The summed E-state index contributed by atoms with van der Waals surface area (Å²) >= 11 is 3.94. The van der Waals surface area contributed by atoms with Gasteiger partial charge in [0.2, 0.25) is 11.8 Å². The van der Waals surface area contributed by atoms with Crippen LogP contribution >= 0.6 is 32.8 Å². The summed E-state index contributed by atoms with van der Waals surface area (Å²) in [4.78, 5) is 59.8. The van der Waals surface area contributed by atoms with Crippen molar-refractivity contribution in [1.29, 1.82) is 0 Å². The number of nitrogens with one attached hydrogen (secondary N) is 2. The molecule has 0 aromatic rings. The van der Waals surface area contributed by atoms with E-state index in [2.05, 4.69) is 38.6 Å². The lowest BCUT2D eigenvalue weighted by Gasteiger charge is -2.35. The number of carbonyl (C=O) groups excluding carboxylic acids is 5. The normalized spacial score (nSPS) is 19.3. The van der Waals surface area contributed by atoms with E-state index in [1.54, 1.807) is 0 Å². The molecule has 7 nitrogen and oxygen atoms in total. The summed E-state index contributed by atoms with van der Waals surface area (Å²) < 4.78 is 7.29. The maximum absolute atomic E-state index is 12.7. The van der Waals surface area contributed by atoms with Gasteiger partial charge in [-0.05, 0) is 38.4 Å². The van der Waals surface area contributed by atoms with Gasteiger partial charge in [0.15, 0.2) is 0 Å². The van der Waals surface area contributed by atoms with Crippen molar-refractivity contribution < 1.29 is 25.3 Å². The van der Waals surface area contributed by atoms with Crippen molar-refractivity contribution in [3.05, 3.63) is 0 Å². The van der Waals surface area contributed by atoms with Crippen LogP contribution in [0, 0.1) is 0 Å². The number of hydrogen-bond donors (Lipinski definition) is 2. The number of unbranched alkanes of at least 4 members (excludes halogenated alkanes) is 1. The van der Waals surface area contributed by atoms with Gasteiger partial charge in [-0.1, -0.05) is 13.3 Å². The fourth-order valence-electron chi connectivity index (χ4n) is 3.31. The van der Waals surface area contributed by atoms with E-state index in [4.69, 9.17) is 1.37 Å². The molecule has 0 aliphatic heterocycles. The molecular weight excluding hydrogens is 491 g/mol. The quantitative estimate of drug-likeness (QED) is 0.182. The van der Waals surface area contributed by atoms with Crippen molar-refractivity contribution in [2.45, 2.75) is 94.6 Å². The molecule has 0 radical (unpaired) electrons. The topological polar surface area (TPSA) is 109 Å². The van der Waals surface area contributed by atoms with E-state index < -0.39 is 18.1 Å². The number of Topliss-reactive ketones (excluding diaryl/α,β-unsaturated/α-hetero) is 3. The second kappa shape index (κ2) is 18.4. The highest BCUT2D eigenvalue weighted by Gasteiger charge is 2.31. The number of hydrogen-bond acceptors (Lipinski definition) is 7. The van der Waals surface area contributed by atoms with E-state index in [0.717, 1.165) is 5.75 Å². The predicted octanol–water partition coefficient (Wildman–Crippen LogP) is 3.33. The Morgan fingerprint density at radius 2 is 1.59 bits per heavy atom. The van der Waals surface area contributed by atoms with Crippen LogP contribution in [0.2, 0.25) is 0 Å². The van der Waals surface area contributed by atoms with Crippen LogP contribution in [0.3, 0.4) is 0 Å². The minimum Gasteiger partial charge on any atom is -0.353 e. The first kappa shape index (κ1) is 29.3. The Morgan fingerprint density at radius 1 is 0.971 bits per heavy atom. The van der Waals surface area contributed by atoms with Gasteiger partial charge in [0, 0.05) is 62.4 Å². The highest BCUT2D eigenvalue weighted by atomic mass is 32.2. The van der Waals surface area contributed by atoms with Gasteiger partial charge in [0.05, 0.1) is 0 Å². The first-order valence-electron chi connectivity index (χ1n) is 12.7. The van der Waals surface area contributed by atoms with Gasteiger partial charge >= 0.3 is 0 Å². The zero-order valence-electron chi connectivity index (χ0n) is 21.4. The fraction of sp³-hybridized carbons (Fsp3) is 0.792. The van der Waals surface area contributed by atoms with Crippen LogP contribution in [0.1, 0.15) is 79.4 Å². The molecule has 1 rings (SSSR count). The summed E-state index contributed by atoms with van der Waals surface area (Å²) in [5.41, 5.74) is 0. The molecule has 2 N–H and O–H groups in total.